The molecule has 104 valence electrons. The highest BCUT2D eigenvalue weighted by Gasteiger charge is 2.42. The first-order valence-electron chi connectivity index (χ1n) is 6.67. The van der Waals surface area contributed by atoms with Crippen molar-refractivity contribution in [3.63, 3.8) is 0 Å². The molecule has 0 bridgehead atoms. The van der Waals surface area contributed by atoms with E-state index in [-0.39, 0.29) is 6.03 Å². The van der Waals surface area contributed by atoms with Crippen LogP contribution in [0, 0.1) is 0 Å². The largest absolute Gasteiger partial charge is 0.480 e. The second kappa shape index (κ2) is 5.59. The van der Waals surface area contributed by atoms with Crippen LogP contribution in [0.25, 0.3) is 0 Å². The smallest absolute Gasteiger partial charge is 0.329 e. The van der Waals surface area contributed by atoms with Gasteiger partial charge in [-0.15, -0.1) is 0 Å². The molecule has 0 aromatic rings. The third-order valence-electron chi connectivity index (χ3n) is 3.44. The Bertz CT molecular complexity index is 324. The van der Waals surface area contributed by atoms with Gasteiger partial charge in [0.15, 0.2) is 0 Å². The van der Waals surface area contributed by atoms with Crippen molar-refractivity contribution in [1.29, 1.82) is 0 Å². The summed E-state index contributed by atoms with van der Waals surface area (Å²) in [6.07, 6.45) is 2.97. The summed E-state index contributed by atoms with van der Waals surface area (Å²) in [6, 6.07) is 0.172. The molecule has 0 heterocycles. The number of carbonyl (C=O) groups is 2. The Labute approximate surface area is 109 Å². The number of hydrogen-bond acceptors (Lipinski definition) is 2. The number of likely N-dealkylation sites (N-methyl/N-ethyl adjacent to an activating group) is 1. The molecule has 0 atom stereocenters. The maximum absolute atomic E-state index is 12.5. The lowest BCUT2D eigenvalue weighted by molar-refractivity contribution is -0.147. The quantitative estimate of drug-likeness (QED) is 0.792. The highest BCUT2D eigenvalue weighted by molar-refractivity contribution is 5.85. The van der Waals surface area contributed by atoms with Crippen molar-refractivity contribution >= 4 is 12.0 Å². The Hall–Kier alpha value is -1.26. The van der Waals surface area contributed by atoms with E-state index in [1.807, 2.05) is 18.7 Å². The van der Waals surface area contributed by atoms with Crippen LogP contribution in [-0.4, -0.2) is 51.6 Å². The number of nitrogens with zero attached hydrogens (tertiary/aromatic N) is 2. The van der Waals surface area contributed by atoms with Crippen molar-refractivity contribution < 1.29 is 14.7 Å². The summed E-state index contributed by atoms with van der Waals surface area (Å²) in [6.45, 7) is 8.11. The summed E-state index contributed by atoms with van der Waals surface area (Å²) in [5.41, 5.74) is -1.16. The number of rotatable bonds is 6. The SMILES string of the molecule is CCCN(C(=O)N(CC)C(C)(C)C(=O)O)C1CC1. The van der Waals surface area contributed by atoms with Gasteiger partial charge in [0.2, 0.25) is 0 Å². The molecule has 1 saturated carbocycles. The van der Waals surface area contributed by atoms with E-state index < -0.39 is 11.5 Å². The van der Waals surface area contributed by atoms with Crippen molar-refractivity contribution in [1.82, 2.24) is 9.80 Å². The molecule has 0 aromatic carbocycles. The van der Waals surface area contributed by atoms with Gasteiger partial charge in [-0.05, 0) is 40.0 Å². The minimum Gasteiger partial charge on any atom is -0.480 e. The normalized spacial score (nSPS) is 15.3. The van der Waals surface area contributed by atoms with Gasteiger partial charge < -0.3 is 14.9 Å². The second-order valence-electron chi connectivity index (χ2n) is 5.32. The van der Waals surface area contributed by atoms with Crippen molar-refractivity contribution in [3.8, 4) is 0 Å². The Morgan fingerprint density at radius 1 is 1.28 bits per heavy atom. The summed E-state index contributed by atoms with van der Waals surface area (Å²) < 4.78 is 0. The van der Waals surface area contributed by atoms with Crippen LogP contribution in [0.4, 0.5) is 4.79 Å². The van der Waals surface area contributed by atoms with Crippen LogP contribution in [0.3, 0.4) is 0 Å². The van der Waals surface area contributed by atoms with E-state index in [9.17, 15) is 14.7 Å². The van der Waals surface area contributed by atoms with Gasteiger partial charge in [0.05, 0.1) is 0 Å². The van der Waals surface area contributed by atoms with Crippen LogP contribution in [-0.2, 0) is 4.79 Å². The van der Waals surface area contributed by atoms with Gasteiger partial charge in [0.25, 0.3) is 0 Å². The molecular weight excluding hydrogens is 232 g/mol. The van der Waals surface area contributed by atoms with Crippen molar-refractivity contribution in [2.45, 2.75) is 58.5 Å². The predicted octanol–water partition coefficient (Wildman–Crippen LogP) is 2.17. The van der Waals surface area contributed by atoms with Crippen molar-refractivity contribution in [2.24, 2.45) is 0 Å². The van der Waals surface area contributed by atoms with Gasteiger partial charge in [0.1, 0.15) is 5.54 Å². The van der Waals surface area contributed by atoms with Crippen LogP contribution in [0.2, 0.25) is 0 Å². The first-order chi connectivity index (χ1) is 8.36. The Balaban J connectivity index is 2.86. The van der Waals surface area contributed by atoms with Gasteiger partial charge in [-0.25, -0.2) is 9.59 Å². The molecule has 0 aromatic heterocycles. The monoisotopic (exact) mass is 256 g/mol. The van der Waals surface area contributed by atoms with Crippen molar-refractivity contribution in [3.05, 3.63) is 0 Å². The maximum Gasteiger partial charge on any atom is 0.329 e. The molecule has 5 heteroatoms. The van der Waals surface area contributed by atoms with Crippen molar-refractivity contribution in [2.75, 3.05) is 13.1 Å². The van der Waals surface area contributed by atoms with Gasteiger partial charge >= 0.3 is 12.0 Å². The lowest BCUT2D eigenvalue weighted by Gasteiger charge is -2.38. The summed E-state index contributed by atoms with van der Waals surface area (Å²) >= 11 is 0. The first-order valence-corrected chi connectivity index (χ1v) is 6.67. The molecule has 5 nitrogen and oxygen atoms in total. The van der Waals surface area contributed by atoms with E-state index in [1.165, 1.54) is 4.90 Å². The van der Waals surface area contributed by atoms with Gasteiger partial charge in [0, 0.05) is 19.1 Å². The summed E-state index contributed by atoms with van der Waals surface area (Å²) in [7, 11) is 0. The highest BCUT2D eigenvalue weighted by Crippen LogP contribution is 2.29. The number of hydrogen-bond donors (Lipinski definition) is 1. The number of urea groups is 1. The minimum atomic E-state index is -1.16. The molecule has 1 aliphatic rings. The van der Waals surface area contributed by atoms with Gasteiger partial charge in [-0.2, -0.15) is 0 Å². The zero-order valence-corrected chi connectivity index (χ0v) is 11.8. The molecule has 0 saturated heterocycles. The van der Waals surface area contributed by atoms with Gasteiger partial charge in [-0.3, -0.25) is 0 Å². The number of amides is 2. The Kier molecular flexibility index (Phi) is 4.59. The maximum atomic E-state index is 12.5. The zero-order valence-electron chi connectivity index (χ0n) is 11.8. The lowest BCUT2D eigenvalue weighted by atomic mass is 10.0. The fourth-order valence-electron chi connectivity index (χ4n) is 2.10. The van der Waals surface area contributed by atoms with E-state index in [2.05, 4.69) is 0 Å². The van der Waals surface area contributed by atoms with Crippen LogP contribution < -0.4 is 0 Å². The fourth-order valence-corrected chi connectivity index (χ4v) is 2.10. The van der Waals surface area contributed by atoms with Crippen LogP contribution in [0.1, 0.15) is 47.0 Å². The number of carboxylic acids is 1. The van der Waals surface area contributed by atoms with Gasteiger partial charge in [-0.1, -0.05) is 6.92 Å². The second-order valence-corrected chi connectivity index (χ2v) is 5.32. The molecule has 1 rings (SSSR count). The molecule has 1 fully saturated rings. The molecule has 2 amide bonds. The molecule has 1 aliphatic carbocycles. The predicted molar refractivity (Wildman–Crippen MR) is 69.5 cm³/mol. The summed E-state index contributed by atoms with van der Waals surface area (Å²) in [4.78, 5) is 27.0. The Morgan fingerprint density at radius 2 is 1.83 bits per heavy atom. The average Bonchev–Trinajstić information content (AvgIpc) is 3.09. The molecule has 0 unspecified atom stereocenters. The van der Waals surface area contributed by atoms with Crippen LogP contribution in [0.15, 0.2) is 0 Å². The molecule has 0 radical (unpaired) electrons. The molecule has 0 aliphatic heterocycles. The standard InChI is InChI=1S/C13H24N2O3/c1-5-9-14(10-7-8-10)12(18)15(6-2)13(3,4)11(16)17/h10H,5-9H2,1-4H3,(H,16,17). The fraction of sp³-hybridized carbons (Fsp3) is 0.846. The highest BCUT2D eigenvalue weighted by atomic mass is 16.4. The number of carboxylic acid groups (broad SMARTS) is 1. The van der Waals surface area contributed by atoms with E-state index >= 15 is 0 Å². The Morgan fingerprint density at radius 3 is 2.17 bits per heavy atom. The minimum absolute atomic E-state index is 0.144. The summed E-state index contributed by atoms with van der Waals surface area (Å²) in [5.74, 6) is -0.968. The average molecular weight is 256 g/mol. The topological polar surface area (TPSA) is 60.9 Å². The zero-order chi connectivity index (χ0) is 13.9. The van der Waals surface area contributed by atoms with E-state index in [4.69, 9.17) is 0 Å². The van der Waals surface area contributed by atoms with Crippen LogP contribution >= 0.6 is 0 Å². The van der Waals surface area contributed by atoms with E-state index in [0.717, 1.165) is 19.3 Å². The summed E-state index contributed by atoms with van der Waals surface area (Å²) in [5, 5.41) is 9.25. The third kappa shape index (κ3) is 2.94. The first kappa shape index (κ1) is 14.8. The number of carbonyl (C=O) groups excluding carboxylic acids is 1. The molecular formula is C13H24N2O3. The lowest BCUT2D eigenvalue weighted by Crippen LogP contribution is -2.57. The molecule has 18 heavy (non-hydrogen) atoms. The van der Waals surface area contributed by atoms with E-state index in [1.54, 1.807) is 13.8 Å². The third-order valence-corrected chi connectivity index (χ3v) is 3.44. The number of aliphatic carboxylic acids is 1. The molecule has 1 N–H and O–H groups in total. The molecule has 0 spiro atoms. The van der Waals surface area contributed by atoms with Crippen LogP contribution in [0.5, 0.6) is 0 Å². The van der Waals surface area contributed by atoms with E-state index in [0.29, 0.717) is 19.1 Å².